The third-order valence-corrected chi connectivity index (χ3v) is 6.25. The molecule has 0 aliphatic rings. The quantitative estimate of drug-likeness (QED) is 0.695. The van der Waals surface area contributed by atoms with Gasteiger partial charge in [-0.05, 0) is 18.9 Å². The van der Waals surface area contributed by atoms with Crippen LogP contribution in [0.4, 0.5) is 0 Å². The lowest BCUT2D eigenvalue weighted by Gasteiger charge is -2.11. The van der Waals surface area contributed by atoms with Crippen LogP contribution in [0, 0.1) is 12.8 Å². The molecule has 0 aliphatic carbocycles. The van der Waals surface area contributed by atoms with Gasteiger partial charge in [-0.1, -0.05) is 66.8 Å². The van der Waals surface area contributed by atoms with E-state index < -0.39 is 0 Å². The molecule has 2 atom stereocenters. The summed E-state index contributed by atoms with van der Waals surface area (Å²) < 4.78 is 2.89. The number of quaternary nitrogens is 1. The molecule has 0 radical (unpaired) electrons. The van der Waals surface area contributed by atoms with Crippen molar-refractivity contribution in [1.29, 1.82) is 0 Å². The molecule has 3 aromatic rings. The summed E-state index contributed by atoms with van der Waals surface area (Å²) >= 11 is 3.33. The third kappa shape index (κ3) is 3.57. The van der Waals surface area contributed by atoms with E-state index in [1.807, 2.05) is 4.52 Å². The lowest BCUT2D eigenvalue weighted by Crippen LogP contribution is -2.57. The van der Waals surface area contributed by atoms with Crippen molar-refractivity contribution in [1.82, 2.24) is 19.8 Å². The van der Waals surface area contributed by atoms with Crippen LogP contribution in [-0.4, -0.2) is 19.8 Å². The first-order valence-electron chi connectivity index (χ1n) is 7.82. The maximum absolute atomic E-state index is 4.68. The number of rotatable bonds is 6. The molecule has 0 fully saturated rings. The summed E-state index contributed by atoms with van der Waals surface area (Å²) in [6, 6.07) is 8.75. The van der Waals surface area contributed by atoms with Crippen LogP contribution >= 0.6 is 23.1 Å². The van der Waals surface area contributed by atoms with Crippen LogP contribution in [0.5, 0.6) is 0 Å². The van der Waals surface area contributed by atoms with Crippen molar-refractivity contribution in [2.24, 2.45) is 5.92 Å². The van der Waals surface area contributed by atoms with Crippen molar-refractivity contribution >= 4 is 28.1 Å². The minimum absolute atomic E-state index is 0.118. The van der Waals surface area contributed by atoms with Crippen LogP contribution in [0.15, 0.2) is 28.6 Å². The normalized spacial score (nSPS) is 14.3. The van der Waals surface area contributed by atoms with E-state index in [0.29, 0.717) is 5.92 Å². The van der Waals surface area contributed by atoms with Gasteiger partial charge in [0.15, 0.2) is 4.34 Å². The Kier molecular flexibility index (Phi) is 4.99. The summed E-state index contributed by atoms with van der Waals surface area (Å²) in [5.74, 6) is 2.25. The zero-order chi connectivity index (χ0) is 16.4. The van der Waals surface area contributed by atoms with E-state index in [0.717, 1.165) is 27.3 Å². The molecule has 7 heteroatoms. The van der Waals surface area contributed by atoms with Crippen molar-refractivity contribution in [2.75, 3.05) is 0 Å². The highest BCUT2D eigenvalue weighted by Crippen LogP contribution is 2.29. The number of aromatic nitrogens is 4. The Morgan fingerprint density at radius 1 is 1.26 bits per heavy atom. The van der Waals surface area contributed by atoms with Crippen molar-refractivity contribution in [3.05, 3.63) is 41.2 Å². The van der Waals surface area contributed by atoms with Gasteiger partial charge in [-0.25, -0.2) is 0 Å². The van der Waals surface area contributed by atoms with E-state index in [2.05, 4.69) is 66.1 Å². The highest BCUT2D eigenvalue weighted by atomic mass is 32.2. The molecule has 0 saturated carbocycles. The third-order valence-electron chi connectivity index (χ3n) is 4.14. The average molecular weight is 349 g/mol. The van der Waals surface area contributed by atoms with Crippen molar-refractivity contribution in [2.45, 2.75) is 43.3 Å². The minimum Gasteiger partial charge on any atom is -0.348 e. The molecule has 23 heavy (non-hydrogen) atoms. The van der Waals surface area contributed by atoms with Gasteiger partial charge in [-0.15, -0.1) is 15.3 Å². The predicted molar refractivity (Wildman–Crippen MR) is 94.5 cm³/mol. The number of thioether (sulfide) groups is 1. The summed E-state index contributed by atoms with van der Waals surface area (Å²) in [4.78, 5) is 0.850. The Labute approximate surface area is 144 Å². The molecule has 3 N–H and O–H groups in total. The van der Waals surface area contributed by atoms with Crippen LogP contribution in [-0.2, 0) is 5.75 Å². The highest BCUT2D eigenvalue weighted by molar-refractivity contribution is 8.00. The zero-order valence-electron chi connectivity index (χ0n) is 13.7. The summed E-state index contributed by atoms with van der Waals surface area (Å²) in [6.45, 7) is 6.47. The van der Waals surface area contributed by atoms with Gasteiger partial charge in [0.2, 0.25) is 10.8 Å². The van der Waals surface area contributed by atoms with Crippen LogP contribution in [0.1, 0.15) is 43.3 Å². The second-order valence-corrected chi connectivity index (χ2v) is 8.07. The van der Waals surface area contributed by atoms with Gasteiger partial charge in [0.05, 0.1) is 0 Å². The summed E-state index contributed by atoms with van der Waals surface area (Å²) in [5, 5.41) is 13.2. The monoisotopic (exact) mass is 348 g/mol. The maximum Gasteiger partial charge on any atom is 0.235 e. The number of benzene rings is 1. The summed E-state index contributed by atoms with van der Waals surface area (Å²) in [6.07, 6.45) is 1.07. The molecule has 1 aromatic carbocycles. The second kappa shape index (κ2) is 6.98. The molecule has 2 heterocycles. The van der Waals surface area contributed by atoms with Crippen LogP contribution in [0.25, 0.3) is 4.96 Å². The van der Waals surface area contributed by atoms with E-state index >= 15 is 0 Å². The average Bonchev–Trinajstić information content (AvgIpc) is 3.13. The first kappa shape index (κ1) is 16.4. The van der Waals surface area contributed by atoms with Crippen LogP contribution < -0.4 is 5.73 Å². The molecule has 0 aliphatic heterocycles. The van der Waals surface area contributed by atoms with Gasteiger partial charge in [0.25, 0.3) is 0 Å². The molecule has 0 saturated heterocycles. The van der Waals surface area contributed by atoms with Crippen LogP contribution in [0.2, 0.25) is 0 Å². The summed E-state index contributed by atoms with van der Waals surface area (Å²) in [5.41, 5.74) is 6.84. The van der Waals surface area contributed by atoms with E-state index in [9.17, 15) is 0 Å². The Morgan fingerprint density at radius 2 is 2.00 bits per heavy atom. The van der Waals surface area contributed by atoms with Gasteiger partial charge in [-0.3, -0.25) is 0 Å². The largest absolute Gasteiger partial charge is 0.348 e. The molecular weight excluding hydrogens is 326 g/mol. The summed E-state index contributed by atoms with van der Waals surface area (Å²) in [7, 11) is 0. The Morgan fingerprint density at radius 3 is 2.70 bits per heavy atom. The fourth-order valence-electron chi connectivity index (χ4n) is 2.27. The van der Waals surface area contributed by atoms with Gasteiger partial charge in [0, 0.05) is 11.7 Å². The Balaban J connectivity index is 1.75. The minimum atomic E-state index is 0.118. The number of hydrogen-bond donors (Lipinski definition) is 1. The zero-order valence-corrected chi connectivity index (χ0v) is 15.3. The molecule has 122 valence electrons. The first-order chi connectivity index (χ1) is 11.1. The smallest absolute Gasteiger partial charge is 0.235 e. The van der Waals surface area contributed by atoms with Crippen LogP contribution in [0.3, 0.4) is 0 Å². The second-order valence-electron chi connectivity index (χ2n) is 5.89. The molecule has 0 amide bonds. The number of aryl methyl sites for hydroxylation is 1. The van der Waals surface area contributed by atoms with Crippen molar-refractivity contribution < 1.29 is 5.73 Å². The van der Waals surface area contributed by atoms with Gasteiger partial charge < -0.3 is 5.73 Å². The Hall–Kier alpha value is -1.44. The van der Waals surface area contributed by atoms with E-state index in [1.165, 1.54) is 11.1 Å². The number of nitrogens with zero attached hydrogens (tertiary/aromatic N) is 4. The molecule has 5 nitrogen and oxygen atoms in total. The maximum atomic E-state index is 4.68. The molecule has 3 rings (SSSR count). The SMILES string of the molecule is CC[C@H](C)[C@H]([NH3+])c1nnc2sc(SCc3ccc(C)cc3)nn12. The highest BCUT2D eigenvalue weighted by Gasteiger charge is 2.24. The number of hydrogen-bond acceptors (Lipinski definition) is 5. The fourth-order valence-corrected chi connectivity index (χ4v) is 4.11. The van der Waals surface area contributed by atoms with Crippen molar-refractivity contribution in [3.8, 4) is 0 Å². The van der Waals surface area contributed by atoms with E-state index in [4.69, 9.17) is 0 Å². The first-order valence-corrected chi connectivity index (χ1v) is 9.62. The lowest BCUT2D eigenvalue weighted by atomic mass is 10.00. The molecular formula is C16H22N5S2+. The molecule has 0 spiro atoms. The topological polar surface area (TPSA) is 70.7 Å². The molecule has 2 aromatic heterocycles. The van der Waals surface area contributed by atoms with Crippen molar-refractivity contribution in [3.63, 3.8) is 0 Å². The predicted octanol–water partition coefficient (Wildman–Crippen LogP) is 3.12. The van der Waals surface area contributed by atoms with Gasteiger partial charge >= 0.3 is 0 Å². The number of fused-ring (bicyclic) bond motifs is 1. The standard InChI is InChI=1S/C16H21N5S2/c1-4-11(3)13(17)14-18-19-15-21(14)20-16(23-15)22-9-12-7-5-10(2)6-8-12/h5-8,11,13H,4,9,17H2,1-3H3/p+1/t11-,13-/m0/s1. The van der Waals surface area contributed by atoms with E-state index in [-0.39, 0.29) is 6.04 Å². The van der Waals surface area contributed by atoms with Gasteiger partial charge in [0.1, 0.15) is 6.04 Å². The van der Waals surface area contributed by atoms with E-state index in [1.54, 1.807) is 23.1 Å². The fraction of sp³-hybridized carbons (Fsp3) is 0.438. The Bertz CT molecular complexity index is 777. The molecule has 0 bridgehead atoms. The van der Waals surface area contributed by atoms with Gasteiger partial charge in [-0.2, -0.15) is 4.52 Å². The lowest BCUT2D eigenvalue weighted by molar-refractivity contribution is -0.441. The molecule has 0 unspecified atom stereocenters.